The quantitative estimate of drug-likeness (QED) is 0.625. The molecule has 1 N–H and O–H groups in total. The molecule has 0 unspecified atom stereocenters. The molecule has 25 heavy (non-hydrogen) atoms. The first-order chi connectivity index (χ1) is 11.8. The number of thiazole rings is 1. The summed E-state index contributed by atoms with van der Waals surface area (Å²) in [6.07, 6.45) is 0. The van der Waals surface area contributed by atoms with Gasteiger partial charge in [-0.1, -0.05) is 0 Å². The van der Waals surface area contributed by atoms with E-state index in [9.17, 15) is 14.4 Å². The molecule has 0 saturated heterocycles. The van der Waals surface area contributed by atoms with Crippen LogP contribution in [-0.4, -0.2) is 40.9 Å². The van der Waals surface area contributed by atoms with Gasteiger partial charge in [0.25, 0.3) is 0 Å². The van der Waals surface area contributed by atoms with Gasteiger partial charge in [-0.15, -0.1) is 11.3 Å². The number of nitrogens with one attached hydrogen (secondary N) is 1. The SMILES string of the molecule is CCOC(=O)c1c(C)[nH]c(C)c1C(=O)COC(=O)c1sc(C)nc1C. The lowest BCUT2D eigenvalue weighted by Gasteiger charge is -2.06. The molecule has 0 aliphatic heterocycles. The summed E-state index contributed by atoms with van der Waals surface area (Å²) >= 11 is 1.21. The summed E-state index contributed by atoms with van der Waals surface area (Å²) in [5, 5.41) is 0.748. The molecule has 0 radical (unpaired) electrons. The third-order valence-corrected chi connectivity index (χ3v) is 4.61. The van der Waals surface area contributed by atoms with Crippen LogP contribution in [0.2, 0.25) is 0 Å². The average molecular weight is 364 g/mol. The van der Waals surface area contributed by atoms with E-state index in [0.29, 0.717) is 22.0 Å². The standard InChI is InChI=1S/C17H20N2O5S/c1-6-23-16(21)14-9(3)18-8(2)13(14)12(20)7-24-17(22)15-10(4)19-11(5)25-15/h18H,6-7H2,1-5H3. The lowest BCUT2D eigenvalue weighted by atomic mass is 10.1. The van der Waals surface area contributed by atoms with Gasteiger partial charge in [0.1, 0.15) is 4.88 Å². The number of aromatic amines is 1. The molecule has 0 fully saturated rings. The minimum atomic E-state index is -0.598. The molecule has 0 aliphatic rings. The number of aromatic nitrogens is 2. The van der Waals surface area contributed by atoms with E-state index < -0.39 is 24.3 Å². The zero-order chi connectivity index (χ0) is 18.7. The van der Waals surface area contributed by atoms with Gasteiger partial charge < -0.3 is 14.5 Å². The molecule has 0 amide bonds. The van der Waals surface area contributed by atoms with Crippen LogP contribution in [0.1, 0.15) is 59.4 Å². The third-order valence-electron chi connectivity index (χ3n) is 3.56. The van der Waals surface area contributed by atoms with Crippen LogP contribution < -0.4 is 0 Å². The van der Waals surface area contributed by atoms with Gasteiger partial charge in [0.15, 0.2) is 6.61 Å². The third kappa shape index (κ3) is 3.96. The first-order valence-electron chi connectivity index (χ1n) is 7.76. The highest BCUT2D eigenvalue weighted by atomic mass is 32.1. The number of aryl methyl sites for hydroxylation is 4. The highest BCUT2D eigenvalue weighted by molar-refractivity contribution is 7.13. The van der Waals surface area contributed by atoms with Crippen LogP contribution in [0.15, 0.2) is 0 Å². The number of hydrogen-bond donors (Lipinski definition) is 1. The molecule has 0 aliphatic carbocycles. The van der Waals surface area contributed by atoms with Crippen molar-refractivity contribution in [1.82, 2.24) is 9.97 Å². The van der Waals surface area contributed by atoms with Gasteiger partial charge >= 0.3 is 11.9 Å². The van der Waals surface area contributed by atoms with Gasteiger partial charge in [0.2, 0.25) is 5.78 Å². The smallest absolute Gasteiger partial charge is 0.350 e. The van der Waals surface area contributed by atoms with Crippen molar-refractivity contribution in [2.75, 3.05) is 13.2 Å². The van der Waals surface area contributed by atoms with Crippen molar-refractivity contribution in [3.8, 4) is 0 Å². The number of ether oxygens (including phenoxy) is 2. The summed E-state index contributed by atoms with van der Waals surface area (Å²) in [5.74, 6) is -1.64. The largest absolute Gasteiger partial charge is 0.462 e. The lowest BCUT2D eigenvalue weighted by Crippen LogP contribution is -2.18. The zero-order valence-electron chi connectivity index (χ0n) is 14.8. The summed E-state index contributed by atoms with van der Waals surface area (Å²) in [6, 6.07) is 0. The lowest BCUT2D eigenvalue weighted by molar-refractivity contribution is 0.0475. The molecular formula is C17H20N2O5S. The molecule has 0 saturated carbocycles. The van der Waals surface area contributed by atoms with Crippen LogP contribution in [0.3, 0.4) is 0 Å². The van der Waals surface area contributed by atoms with Crippen molar-refractivity contribution in [1.29, 1.82) is 0 Å². The summed E-state index contributed by atoms with van der Waals surface area (Å²) in [5.41, 5.74) is 2.03. The molecule has 2 rings (SSSR count). The number of carbonyl (C=O) groups is 3. The maximum atomic E-state index is 12.5. The molecule has 0 bridgehead atoms. The van der Waals surface area contributed by atoms with E-state index in [4.69, 9.17) is 9.47 Å². The fourth-order valence-corrected chi connectivity index (χ4v) is 3.39. The number of hydrogen-bond acceptors (Lipinski definition) is 7. The number of Topliss-reactive ketones (excluding diaryl/α,β-unsaturated/α-hetero) is 1. The van der Waals surface area contributed by atoms with Gasteiger partial charge in [0, 0.05) is 11.4 Å². The van der Waals surface area contributed by atoms with E-state index in [2.05, 4.69) is 9.97 Å². The molecule has 8 heteroatoms. The number of H-pyrrole nitrogens is 1. The Morgan fingerprint density at radius 1 is 1.00 bits per heavy atom. The Bertz CT molecular complexity index is 834. The van der Waals surface area contributed by atoms with E-state index in [1.807, 2.05) is 0 Å². The van der Waals surface area contributed by atoms with Crippen LogP contribution in [0, 0.1) is 27.7 Å². The summed E-state index contributed by atoms with van der Waals surface area (Å²) in [6.45, 7) is 8.30. The Hall–Kier alpha value is -2.48. The summed E-state index contributed by atoms with van der Waals surface area (Å²) in [7, 11) is 0. The molecule has 2 heterocycles. The van der Waals surface area contributed by atoms with E-state index >= 15 is 0 Å². The van der Waals surface area contributed by atoms with E-state index in [1.54, 1.807) is 34.6 Å². The maximum Gasteiger partial charge on any atom is 0.350 e. The average Bonchev–Trinajstić information content (AvgIpc) is 3.02. The molecule has 2 aromatic heterocycles. The number of ketones is 1. The van der Waals surface area contributed by atoms with Crippen molar-refractivity contribution < 1.29 is 23.9 Å². The second-order valence-corrected chi connectivity index (χ2v) is 6.70. The van der Waals surface area contributed by atoms with Gasteiger partial charge in [-0.2, -0.15) is 0 Å². The zero-order valence-corrected chi connectivity index (χ0v) is 15.6. The summed E-state index contributed by atoms with van der Waals surface area (Å²) < 4.78 is 10.1. The topological polar surface area (TPSA) is 98.4 Å². The minimum absolute atomic E-state index is 0.185. The van der Waals surface area contributed by atoms with Crippen LogP contribution in [0.4, 0.5) is 0 Å². The number of esters is 2. The fourth-order valence-electron chi connectivity index (χ4n) is 2.58. The second kappa shape index (κ2) is 7.60. The fraction of sp³-hybridized carbons (Fsp3) is 0.412. The molecule has 134 valence electrons. The highest BCUT2D eigenvalue weighted by Crippen LogP contribution is 2.21. The predicted octanol–water partition coefficient (Wildman–Crippen LogP) is 2.92. The van der Waals surface area contributed by atoms with Crippen molar-refractivity contribution in [3.05, 3.63) is 38.1 Å². The Kier molecular flexibility index (Phi) is 5.73. The molecule has 0 spiro atoms. The van der Waals surface area contributed by atoms with Crippen molar-refractivity contribution in [3.63, 3.8) is 0 Å². The molecule has 0 aromatic carbocycles. The van der Waals surface area contributed by atoms with Crippen LogP contribution in [0.25, 0.3) is 0 Å². The van der Waals surface area contributed by atoms with Crippen molar-refractivity contribution in [2.24, 2.45) is 0 Å². The second-order valence-electron chi connectivity index (χ2n) is 5.49. The summed E-state index contributed by atoms with van der Waals surface area (Å²) in [4.78, 5) is 44.2. The van der Waals surface area contributed by atoms with E-state index in [1.165, 1.54) is 11.3 Å². The number of rotatable bonds is 6. The number of carbonyl (C=O) groups excluding carboxylic acids is 3. The van der Waals surface area contributed by atoms with Gasteiger partial charge in [-0.25, -0.2) is 14.6 Å². The normalized spacial score (nSPS) is 10.6. The Balaban J connectivity index is 2.17. The van der Waals surface area contributed by atoms with E-state index in [-0.39, 0.29) is 17.7 Å². The van der Waals surface area contributed by atoms with Crippen LogP contribution in [-0.2, 0) is 9.47 Å². The first-order valence-corrected chi connectivity index (χ1v) is 8.58. The Labute approximate surface area is 149 Å². The van der Waals surface area contributed by atoms with E-state index in [0.717, 1.165) is 5.01 Å². The van der Waals surface area contributed by atoms with Gasteiger partial charge in [-0.05, 0) is 34.6 Å². The molecule has 7 nitrogen and oxygen atoms in total. The van der Waals surface area contributed by atoms with Gasteiger partial charge in [-0.3, -0.25) is 4.79 Å². The molecule has 2 aromatic rings. The first kappa shape index (κ1) is 18.9. The highest BCUT2D eigenvalue weighted by Gasteiger charge is 2.26. The minimum Gasteiger partial charge on any atom is -0.462 e. The van der Waals surface area contributed by atoms with Crippen molar-refractivity contribution in [2.45, 2.75) is 34.6 Å². The number of nitrogens with zero attached hydrogens (tertiary/aromatic N) is 1. The Morgan fingerprint density at radius 2 is 1.64 bits per heavy atom. The molecule has 0 atom stereocenters. The van der Waals surface area contributed by atoms with Gasteiger partial charge in [0.05, 0.1) is 28.4 Å². The maximum absolute atomic E-state index is 12.5. The van der Waals surface area contributed by atoms with Crippen LogP contribution >= 0.6 is 11.3 Å². The van der Waals surface area contributed by atoms with Crippen molar-refractivity contribution >= 4 is 29.1 Å². The monoisotopic (exact) mass is 364 g/mol. The predicted molar refractivity (Wildman–Crippen MR) is 92.4 cm³/mol. The Morgan fingerprint density at radius 3 is 2.20 bits per heavy atom. The molecular weight excluding hydrogens is 344 g/mol. The van der Waals surface area contributed by atoms with Crippen LogP contribution in [0.5, 0.6) is 0 Å².